The Labute approximate surface area is 172 Å². The van der Waals surface area contributed by atoms with Crippen LogP contribution < -0.4 is 4.74 Å². The van der Waals surface area contributed by atoms with Crippen LogP contribution in [0.3, 0.4) is 0 Å². The first-order chi connectivity index (χ1) is 13.7. The number of rotatable bonds is 6. The Hall–Kier alpha value is -2.13. The number of aromatic nitrogens is 1. The molecule has 0 aliphatic carbocycles. The molecule has 0 spiro atoms. The average Bonchev–Trinajstić information content (AvgIpc) is 3.07. The Morgan fingerprint density at radius 1 is 1.31 bits per heavy atom. The SMILES string of the molecule is Cc1nc(CN2CCC(C(=O)N(C)Cc3ccccc3OC(F)(F)F)CC2)cs1. The normalized spacial score (nSPS) is 16.0. The summed E-state index contributed by atoms with van der Waals surface area (Å²) in [6.07, 6.45) is -3.30. The van der Waals surface area contributed by atoms with E-state index >= 15 is 0 Å². The lowest BCUT2D eigenvalue weighted by atomic mass is 9.95. The summed E-state index contributed by atoms with van der Waals surface area (Å²) in [6.45, 7) is 4.43. The molecule has 158 valence electrons. The van der Waals surface area contributed by atoms with E-state index in [-0.39, 0.29) is 24.1 Å². The predicted octanol–water partition coefficient (Wildman–Crippen LogP) is 4.22. The van der Waals surface area contributed by atoms with Crippen LogP contribution in [-0.4, -0.2) is 47.2 Å². The Morgan fingerprint density at radius 2 is 2.00 bits per heavy atom. The zero-order chi connectivity index (χ0) is 21.0. The molecule has 2 heterocycles. The first-order valence-electron chi connectivity index (χ1n) is 9.43. The highest BCUT2D eigenvalue weighted by molar-refractivity contribution is 7.09. The molecule has 1 aliphatic rings. The van der Waals surface area contributed by atoms with Gasteiger partial charge in [0.15, 0.2) is 0 Å². The van der Waals surface area contributed by atoms with Crippen LogP contribution in [0.4, 0.5) is 13.2 Å². The maximum Gasteiger partial charge on any atom is 0.573 e. The van der Waals surface area contributed by atoms with E-state index in [2.05, 4.69) is 20.0 Å². The molecule has 9 heteroatoms. The van der Waals surface area contributed by atoms with E-state index in [4.69, 9.17) is 0 Å². The smallest absolute Gasteiger partial charge is 0.405 e. The van der Waals surface area contributed by atoms with Crippen molar-refractivity contribution in [1.29, 1.82) is 0 Å². The minimum absolute atomic E-state index is 0.0454. The van der Waals surface area contributed by atoms with Crippen molar-refractivity contribution < 1.29 is 22.7 Å². The molecular formula is C20H24F3N3O2S. The van der Waals surface area contributed by atoms with Crippen LogP contribution in [0, 0.1) is 12.8 Å². The summed E-state index contributed by atoms with van der Waals surface area (Å²) in [5.74, 6) is -0.437. The van der Waals surface area contributed by atoms with Crippen molar-refractivity contribution in [3.05, 3.63) is 45.9 Å². The van der Waals surface area contributed by atoms with Gasteiger partial charge in [-0.15, -0.1) is 24.5 Å². The van der Waals surface area contributed by atoms with Crippen LogP contribution in [-0.2, 0) is 17.9 Å². The molecule has 0 bridgehead atoms. The van der Waals surface area contributed by atoms with Crippen molar-refractivity contribution in [3.63, 3.8) is 0 Å². The van der Waals surface area contributed by atoms with Crippen molar-refractivity contribution in [2.45, 2.75) is 39.2 Å². The maximum absolute atomic E-state index is 12.8. The quantitative estimate of drug-likeness (QED) is 0.693. The van der Waals surface area contributed by atoms with E-state index in [9.17, 15) is 18.0 Å². The number of hydrogen-bond donors (Lipinski definition) is 0. The third kappa shape index (κ3) is 6.17. The largest absolute Gasteiger partial charge is 0.573 e. The number of aryl methyl sites for hydroxylation is 1. The summed E-state index contributed by atoms with van der Waals surface area (Å²) in [5.41, 5.74) is 1.38. The zero-order valence-electron chi connectivity index (χ0n) is 16.4. The lowest BCUT2D eigenvalue weighted by Gasteiger charge is -2.33. The Balaban J connectivity index is 1.54. The van der Waals surface area contributed by atoms with Gasteiger partial charge in [-0.3, -0.25) is 9.69 Å². The van der Waals surface area contributed by atoms with Gasteiger partial charge in [-0.25, -0.2) is 4.98 Å². The molecule has 1 aliphatic heterocycles. The minimum Gasteiger partial charge on any atom is -0.405 e. The lowest BCUT2D eigenvalue weighted by molar-refractivity contribution is -0.275. The molecule has 0 radical (unpaired) electrons. The number of carbonyl (C=O) groups excluding carboxylic acids is 1. The molecule has 0 N–H and O–H groups in total. The highest BCUT2D eigenvalue weighted by atomic mass is 32.1. The second kappa shape index (κ2) is 9.13. The molecule has 29 heavy (non-hydrogen) atoms. The lowest BCUT2D eigenvalue weighted by Crippen LogP contribution is -2.40. The fraction of sp³-hybridized carbons (Fsp3) is 0.500. The number of para-hydroxylation sites is 1. The van der Waals surface area contributed by atoms with Gasteiger partial charge in [0.1, 0.15) is 5.75 Å². The number of likely N-dealkylation sites (tertiary alicyclic amines) is 1. The van der Waals surface area contributed by atoms with Crippen LogP contribution in [0.1, 0.15) is 29.1 Å². The van der Waals surface area contributed by atoms with Gasteiger partial charge in [0.25, 0.3) is 0 Å². The van der Waals surface area contributed by atoms with E-state index in [0.29, 0.717) is 5.56 Å². The van der Waals surface area contributed by atoms with Crippen LogP contribution >= 0.6 is 11.3 Å². The molecule has 0 atom stereocenters. The fourth-order valence-electron chi connectivity index (χ4n) is 3.55. The van der Waals surface area contributed by atoms with Crippen molar-refractivity contribution >= 4 is 17.2 Å². The zero-order valence-corrected chi connectivity index (χ0v) is 17.2. The van der Waals surface area contributed by atoms with Gasteiger partial charge in [-0.05, 0) is 38.9 Å². The first kappa shape index (κ1) is 21.6. The Kier molecular flexibility index (Phi) is 6.79. The number of piperidine rings is 1. The summed E-state index contributed by atoms with van der Waals surface area (Å²) < 4.78 is 41.9. The number of benzene rings is 1. The van der Waals surface area contributed by atoms with Gasteiger partial charge >= 0.3 is 6.36 Å². The number of hydrogen-bond acceptors (Lipinski definition) is 5. The number of thiazole rings is 1. The van der Waals surface area contributed by atoms with E-state index in [1.54, 1.807) is 30.5 Å². The Bertz CT molecular complexity index is 832. The number of ether oxygens (including phenoxy) is 1. The van der Waals surface area contributed by atoms with Crippen LogP contribution in [0.25, 0.3) is 0 Å². The number of nitrogens with zero attached hydrogens (tertiary/aromatic N) is 3. The third-order valence-corrected chi connectivity index (χ3v) is 5.79. The minimum atomic E-state index is -4.76. The molecule has 1 saturated heterocycles. The molecule has 0 unspecified atom stereocenters. The molecule has 1 aromatic carbocycles. The summed E-state index contributed by atoms with van der Waals surface area (Å²) in [5, 5.41) is 3.10. The van der Waals surface area contributed by atoms with E-state index in [1.165, 1.54) is 17.0 Å². The van der Waals surface area contributed by atoms with Crippen LogP contribution in [0.2, 0.25) is 0 Å². The molecule has 3 rings (SSSR count). The molecule has 1 fully saturated rings. The van der Waals surface area contributed by atoms with Gasteiger partial charge in [0.2, 0.25) is 5.91 Å². The van der Waals surface area contributed by atoms with E-state index in [1.807, 2.05) is 6.92 Å². The van der Waals surface area contributed by atoms with Crippen molar-refractivity contribution in [2.75, 3.05) is 20.1 Å². The van der Waals surface area contributed by atoms with Crippen molar-refractivity contribution in [3.8, 4) is 5.75 Å². The fourth-order valence-corrected chi connectivity index (χ4v) is 4.16. The monoisotopic (exact) mass is 427 g/mol. The summed E-state index contributed by atoms with van der Waals surface area (Å²) in [6, 6.07) is 5.92. The van der Waals surface area contributed by atoms with Crippen LogP contribution in [0.15, 0.2) is 29.6 Å². The maximum atomic E-state index is 12.8. The summed E-state index contributed by atoms with van der Waals surface area (Å²) in [4.78, 5) is 21.0. The average molecular weight is 427 g/mol. The van der Waals surface area contributed by atoms with Crippen molar-refractivity contribution in [1.82, 2.24) is 14.8 Å². The van der Waals surface area contributed by atoms with E-state index < -0.39 is 6.36 Å². The number of alkyl halides is 3. The standard InChI is InChI=1S/C20H24F3N3O2S/c1-14-24-17(13-29-14)12-26-9-7-15(8-10-26)19(27)25(2)11-16-5-3-4-6-18(16)28-20(21,22)23/h3-6,13,15H,7-12H2,1-2H3. The van der Waals surface area contributed by atoms with Gasteiger partial charge < -0.3 is 9.64 Å². The van der Waals surface area contributed by atoms with Gasteiger partial charge in [-0.2, -0.15) is 0 Å². The molecular weight excluding hydrogens is 403 g/mol. The topological polar surface area (TPSA) is 45.7 Å². The second-order valence-corrected chi connectivity index (χ2v) is 8.32. The highest BCUT2D eigenvalue weighted by Gasteiger charge is 2.33. The van der Waals surface area contributed by atoms with Crippen LogP contribution in [0.5, 0.6) is 5.75 Å². The molecule has 5 nitrogen and oxygen atoms in total. The number of carbonyl (C=O) groups is 1. The summed E-state index contributed by atoms with van der Waals surface area (Å²) >= 11 is 1.63. The molecule has 1 aromatic heterocycles. The van der Waals surface area contributed by atoms with Gasteiger partial charge in [-0.1, -0.05) is 18.2 Å². The number of amides is 1. The first-order valence-corrected chi connectivity index (χ1v) is 10.3. The van der Waals surface area contributed by atoms with E-state index in [0.717, 1.165) is 43.2 Å². The predicted molar refractivity (Wildman–Crippen MR) is 104 cm³/mol. The van der Waals surface area contributed by atoms with Gasteiger partial charge in [0.05, 0.1) is 10.7 Å². The molecule has 1 amide bonds. The molecule has 0 saturated carbocycles. The van der Waals surface area contributed by atoms with Crippen molar-refractivity contribution in [2.24, 2.45) is 5.92 Å². The molecule has 2 aromatic rings. The third-order valence-electron chi connectivity index (χ3n) is 4.97. The highest BCUT2D eigenvalue weighted by Crippen LogP contribution is 2.28. The van der Waals surface area contributed by atoms with Gasteiger partial charge in [0, 0.05) is 37.0 Å². The second-order valence-electron chi connectivity index (χ2n) is 7.26. The summed E-state index contributed by atoms with van der Waals surface area (Å²) in [7, 11) is 1.62. The Morgan fingerprint density at radius 3 is 2.62 bits per heavy atom. The number of halogens is 3.